The SMILES string of the molecule is COc1ccc(Br)cc1/C=N\n1c(-c2cccc(C)c2)n[nH]c1=S. The van der Waals surface area contributed by atoms with E-state index in [0.29, 0.717) is 10.6 Å². The molecular formula is C17H15BrN4OS. The minimum atomic E-state index is 0.428. The number of nitrogens with zero attached hydrogens (tertiary/aromatic N) is 3. The standard InChI is InChI=1S/C17H15BrN4OS/c1-11-4-3-5-12(8-11)16-20-21-17(24)22(16)19-10-13-9-14(18)6-7-15(13)23-2/h3-10H,1-2H3,(H,21,24)/b19-10-. The number of ether oxygens (including phenoxy) is 1. The van der Waals surface area contributed by atoms with Gasteiger partial charge >= 0.3 is 0 Å². The van der Waals surface area contributed by atoms with E-state index in [1.54, 1.807) is 18.0 Å². The highest BCUT2D eigenvalue weighted by atomic mass is 79.9. The van der Waals surface area contributed by atoms with Crippen molar-refractivity contribution in [3.8, 4) is 17.1 Å². The Balaban J connectivity index is 2.04. The van der Waals surface area contributed by atoms with E-state index in [4.69, 9.17) is 17.0 Å². The first-order valence-electron chi connectivity index (χ1n) is 7.21. The molecule has 122 valence electrons. The molecule has 5 nitrogen and oxygen atoms in total. The van der Waals surface area contributed by atoms with Gasteiger partial charge in [-0.15, -0.1) is 0 Å². The van der Waals surface area contributed by atoms with Crippen molar-refractivity contribution in [3.63, 3.8) is 0 Å². The summed E-state index contributed by atoms with van der Waals surface area (Å²) in [5.74, 6) is 1.39. The summed E-state index contributed by atoms with van der Waals surface area (Å²) in [6.45, 7) is 2.03. The van der Waals surface area contributed by atoms with Gasteiger partial charge in [0.2, 0.25) is 4.77 Å². The van der Waals surface area contributed by atoms with Crippen molar-refractivity contribution < 1.29 is 4.74 Å². The predicted molar refractivity (Wildman–Crippen MR) is 101 cm³/mol. The first-order valence-corrected chi connectivity index (χ1v) is 8.41. The van der Waals surface area contributed by atoms with Gasteiger partial charge in [-0.1, -0.05) is 39.7 Å². The molecule has 7 heteroatoms. The third-order valence-electron chi connectivity index (χ3n) is 3.43. The summed E-state index contributed by atoms with van der Waals surface area (Å²) in [4.78, 5) is 0. The van der Waals surface area contributed by atoms with E-state index >= 15 is 0 Å². The lowest BCUT2D eigenvalue weighted by Gasteiger charge is -2.05. The van der Waals surface area contributed by atoms with Crippen LogP contribution >= 0.6 is 28.1 Å². The Kier molecular flexibility index (Phi) is 4.92. The van der Waals surface area contributed by atoms with E-state index < -0.39 is 0 Å². The van der Waals surface area contributed by atoms with Crippen LogP contribution in [0.2, 0.25) is 0 Å². The van der Waals surface area contributed by atoms with Gasteiger partial charge in [0.25, 0.3) is 0 Å². The summed E-state index contributed by atoms with van der Waals surface area (Å²) in [5.41, 5.74) is 2.93. The van der Waals surface area contributed by atoms with Crippen LogP contribution in [0.3, 0.4) is 0 Å². The molecular weight excluding hydrogens is 388 g/mol. The lowest BCUT2D eigenvalue weighted by atomic mass is 10.1. The van der Waals surface area contributed by atoms with E-state index in [1.807, 2.05) is 49.4 Å². The molecule has 0 aliphatic heterocycles. The second-order valence-corrected chi connectivity index (χ2v) is 6.47. The smallest absolute Gasteiger partial charge is 0.216 e. The summed E-state index contributed by atoms with van der Waals surface area (Å²) in [7, 11) is 1.63. The Hall–Kier alpha value is -2.25. The van der Waals surface area contributed by atoms with Crippen LogP contribution in [0.4, 0.5) is 0 Å². The van der Waals surface area contributed by atoms with Gasteiger partial charge in [-0.2, -0.15) is 14.9 Å². The maximum atomic E-state index is 5.36. The van der Waals surface area contributed by atoms with Crippen LogP contribution in [0.15, 0.2) is 52.0 Å². The van der Waals surface area contributed by atoms with E-state index in [2.05, 4.69) is 31.2 Å². The van der Waals surface area contributed by atoms with Crippen LogP contribution in [0.5, 0.6) is 5.75 Å². The highest BCUT2D eigenvalue weighted by molar-refractivity contribution is 9.10. The molecule has 1 N–H and O–H groups in total. The number of hydrogen-bond acceptors (Lipinski definition) is 4. The van der Waals surface area contributed by atoms with Gasteiger partial charge in [-0.3, -0.25) is 0 Å². The van der Waals surface area contributed by atoms with Gasteiger partial charge in [0.15, 0.2) is 5.82 Å². The number of aromatic amines is 1. The molecule has 0 aliphatic rings. The number of hydrogen-bond donors (Lipinski definition) is 1. The van der Waals surface area contributed by atoms with Gasteiger partial charge in [0.1, 0.15) is 5.75 Å². The first-order chi connectivity index (χ1) is 11.6. The summed E-state index contributed by atoms with van der Waals surface area (Å²) < 4.78 is 8.33. The molecule has 0 fully saturated rings. The van der Waals surface area contributed by atoms with Gasteiger partial charge in [-0.25, -0.2) is 5.10 Å². The number of H-pyrrole nitrogens is 1. The summed E-state index contributed by atoms with van der Waals surface area (Å²) in [6, 6.07) is 13.7. The van der Waals surface area contributed by atoms with Crippen LogP contribution < -0.4 is 4.74 Å². The molecule has 0 aliphatic carbocycles. The second kappa shape index (κ2) is 7.11. The molecule has 1 aromatic heterocycles. The fourth-order valence-electron chi connectivity index (χ4n) is 2.30. The Labute approximate surface area is 153 Å². The molecule has 0 spiro atoms. The monoisotopic (exact) mass is 402 g/mol. The number of nitrogens with one attached hydrogen (secondary N) is 1. The molecule has 3 aromatic rings. The van der Waals surface area contributed by atoms with Gasteiger partial charge < -0.3 is 4.74 Å². The maximum Gasteiger partial charge on any atom is 0.216 e. The number of aromatic nitrogens is 3. The fraction of sp³-hybridized carbons (Fsp3) is 0.118. The van der Waals surface area contributed by atoms with Gasteiger partial charge in [-0.05, 0) is 43.4 Å². The lowest BCUT2D eigenvalue weighted by Crippen LogP contribution is -1.97. The Bertz CT molecular complexity index is 961. The third kappa shape index (κ3) is 3.47. The second-order valence-electron chi connectivity index (χ2n) is 5.16. The highest BCUT2D eigenvalue weighted by Gasteiger charge is 2.08. The average molecular weight is 403 g/mol. The molecule has 1 heterocycles. The number of methoxy groups -OCH3 is 1. The summed E-state index contributed by atoms with van der Waals surface area (Å²) >= 11 is 8.75. The normalized spacial score (nSPS) is 11.1. The zero-order chi connectivity index (χ0) is 17.1. The minimum absolute atomic E-state index is 0.428. The molecule has 0 saturated heterocycles. The van der Waals surface area contributed by atoms with Crippen LogP contribution in [-0.4, -0.2) is 28.2 Å². The van der Waals surface area contributed by atoms with E-state index in [9.17, 15) is 0 Å². The summed E-state index contributed by atoms with van der Waals surface area (Å²) in [5, 5.41) is 11.6. The molecule has 0 saturated carbocycles. The zero-order valence-electron chi connectivity index (χ0n) is 13.2. The van der Waals surface area contributed by atoms with Crippen molar-refractivity contribution in [1.29, 1.82) is 0 Å². The third-order valence-corrected chi connectivity index (χ3v) is 4.19. The van der Waals surface area contributed by atoms with Crippen molar-refractivity contribution in [1.82, 2.24) is 14.9 Å². The quantitative estimate of drug-likeness (QED) is 0.513. The lowest BCUT2D eigenvalue weighted by molar-refractivity contribution is 0.414. The zero-order valence-corrected chi connectivity index (χ0v) is 15.6. The predicted octanol–water partition coefficient (Wildman–Crippen LogP) is 4.57. The van der Waals surface area contributed by atoms with Crippen molar-refractivity contribution in [2.75, 3.05) is 7.11 Å². The number of rotatable bonds is 4. The van der Waals surface area contributed by atoms with Crippen molar-refractivity contribution in [2.24, 2.45) is 5.10 Å². The molecule has 24 heavy (non-hydrogen) atoms. The Morgan fingerprint density at radius 1 is 1.29 bits per heavy atom. The average Bonchev–Trinajstić information content (AvgIpc) is 2.94. The van der Waals surface area contributed by atoms with Gasteiger partial charge in [0.05, 0.1) is 13.3 Å². The largest absolute Gasteiger partial charge is 0.496 e. The van der Waals surface area contributed by atoms with Crippen LogP contribution in [0, 0.1) is 11.7 Å². The first kappa shape index (κ1) is 16.6. The highest BCUT2D eigenvalue weighted by Crippen LogP contribution is 2.22. The van der Waals surface area contributed by atoms with Crippen LogP contribution in [0.25, 0.3) is 11.4 Å². The molecule has 3 rings (SSSR count). The van der Waals surface area contributed by atoms with Crippen molar-refractivity contribution >= 4 is 34.4 Å². The number of aryl methyl sites for hydroxylation is 1. The Morgan fingerprint density at radius 3 is 2.88 bits per heavy atom. The summed E-state index contributed by atoms with van der Waals surface area (Å²) in [6.07, 6.45) is 1.70. The maximum absolute atomic E-state index is 5.36. The molecule has 0 radical (unpaired) electrons. The van der Waals surface area contributed by atoms with Crippen LogP contribution in [-0.2, 0) is 0 Å². The van der Waals surface area contributed by atoms with Crippen molar-refractivity contribution in [2.45, 2.75) is 6.92 Å². The minimum Gasteiger partial charge on any atom is -0.496 e. The van der Waals surface area contributed by atoms with Crippen molar-refractivity contribution in [3.05, 3.63) is 62.8 Å². The fourth-order valence-corrected chi connectivity index (χ4v) is 2.85. The Morgan fingerprint density at radius 2 is 2.12 bits per heavy atom. The molecule has 0 amide bonds. The molecule has 0 atom stereocenters. The molecule has 0 bridgehead atoms. The van der Waals surface area contributed by atoms with E-state index in [-0.39, 0.29) is 0 Å². The van der Waals surface area contributed by atoms with Crippen LogP contribution in [0.1, 0.15) is 11.1 Å². The van der Waals surface area contributed by atoms with E-state index in [1.165, 1.54) is 0 Å². The molecule has 2 aromatic carbocycles. The molecule has 0 unspecified atom stereocenters. The van der Waals surface area contributed by atoms with Gasteiger partial charge in [0, 0.05) is 15.6 Å². The topological polar surface area (TPSA) is 55.2 Å². The number of benzene rings is 2. The number of halogens is 1. The van der Waals surface area contributed by atoms with E-state index in [0.717, 1.165) is 26.9 Å².